The summed E-state index contributed by atoms with van der Waals surface area (Å²) >= 11 is 5.50. The predicted octanol–water partition coefficient (Wildman–Crippen LogP) is 2.54. The van der Waals surface area contributed by atoms with Crippen LogP contribution in [0.2, 0.25) is 5.02 Å². The van der Waals surface area contributed by atoms with E-state index in [9.17, 15) is 13.6 Å². The van der Waals surface area contributed by atoms with Crippen molar-refractivity contribution in [1.29, 1.82) is 0 Å². The zero-order chi connectivity index (χ0) is 12.7. The quantitative estimate of drug-likeness (QED) is 0.631. The second kappa shape index (κ2) is 4.00. The third-order valence-corrected chi connectivity index (χ3v) is 2.95. The van der Waals surface area contributed by atoms with Crippen molar-refractivity contribution in [3.63, 3.8) is 0 Å². The number of halogens is 3. The van der Waals surface area contributed by atoms with Crippen molar-refractivity contribution in [3.05, 3.63) is 39.1 Å². The number of anilines is 1. The van der Waals surface area contributed by atoms with Crippen molar-refractivity contribution in [2.45, 2.75) is 13.5 Å². The van der Waals surface area contributed by atoms with E-state index in [4.69, 9.17) is 17.3 Å². The fourth-order valence-corrected chi connectivity index (χ4v) is 1.96. The molecule has 2 rings (SSSR count). The molecule has 0 fully saturated rings. The minimum atomic E-state index is -1.09. The van der Waals surface area contributed by atoms with Crippen LogP contribution in [-0.4, -0.2) is 4.57 Å². The molecule has 17 heavy (non-hydrogen) atoms. The van der Waals surface area contributed by atoms with Gasteiger partial charge in [0.1, 0.15) is 5.02 Å². The maximum atomic E-state index is 13.9. The van der Waals surface area contributed by atoms with Crippen LogP contribution in [0, 0.1) is 11.6 Å². The van der Waals surface area contributed by atoms with E-state index in [2.05, 4.69) is 0 Å². The number of aryl methyl sites for hydroxylation is 1. The lowest BCUT2D eigenvalue weighted by Gasteiger charge is -2.12. The van der Waals surface area contributed by atoms with Crippen molar-refractivity contribution in [1.82, 2.24) is 4.57 Å². The van der Waals surface area contributed by atoms with Crippen LogP contribution in [0.4, 0.5) is 14.5 Å². The van der Waals surface area contributed by atoms with E-state index in [1.54, 1.807) is 6.92 Å². The van der Waals surface area contributed by atoms with Crippen molar-refractivity contribution in [2.75, 3.05) is 5.73 Å². The molecule has 0 bridgehead atoms. The van der Waals surface area contributed by atoms with Gasteiger partial charge in [0.25, 0.3) is 0 Å². The molecule has 0 aliphatic carbocycles. The standard InChI is InChI=1S/C11H9ClF2N2O/c1-2-16-4-3-5(17)6-10(15)8(13)7(12)9(14)11(6)16/h3-4H,2,15H2,1H3. The van der Waals surface area contributed by atoms with Crippen LogP contribution in [-0.2, 0) is 6.54 Å². The van der Waals surface area contributed by atoms with Gasteiger partial charge in [0.15, 0.2) is 17.1 Å². The molecule has 0 spiro atoms. The molecule has 0 radical (unpaired) electrons. The highest BCUT2D eigenvalue weighted by Gasteiger charge is 2.20. The van der Waals surface area contributed by atoms with Gasteiger partial charge in [-0.2, -0.15) is 0 Å². The predicted molar refractivity (Wildman–Crippen MR) is 63.2 cm³/mol. The van der Waals surface area contributed by atoms with Crippen molar-refractivity contribution < 1.29 is 8.78 Å². The van der Waals surface area contributed by atoms with Gasteiger partial charge in [-0.05, 0) is 6.92 Å². The highest BCUT2D eigenvalue weighted by atomic mass is 35.5. The SMILES string of the molecule is CCn1ccc(=O)c2c(N)c(F)c(Cl)c(F)c21. The van der Waals surface area contributed by atoms with E-state index in [-0.39, 0.29) is 10.9 Å². The number of hydrogen-bond acceptors (Lipinski definition) is 2. The molecule has 0 unspecified atom stereocenters. The average molecular weight is 259 g/mol. The number of rotatable bonds is 1. The van der Waals surface area contributed by atoms with E-state index in [0.717, 1.165) is 0 Å². The average Bonchev–Trinajstić information content (AvgIpc) is 2.33. The topological polar surface area (TPSA) is 48.0 Å². The first-order valence-corrected chi connectivity index (χ1v) is 5.31. The Morgan fingerprint density at radius 2 is 2.06 bits per heavy atom. The van der Waals surface area contributed by atoms with E-state index in [1.807, 2.05) is 0 Å². The largest absolute Gasteiger partial charge is 0.396 e. The monoisotopic (exact) mass is 258 g/mol. The number of nitrogens with two attached hydrogens (primary N) is 1. The molecular formula is C11H9ClF2N2O. The van der Waals surface area contributed by atoms with Crippen LogP contribution >= 0.6 is 11.6 Å². The summed E-state index contributed by atoms with van der Waals surface area (Å²) in [6, 6.07) is 1.22. The lowest BCUT2D eigenvalue weighted by molar-refractivity contribution is 0.588. The molecule has 6 heteroatoms. The Labute approximate surface area is 100 Å². The first-order valence-electron chi connectivity index (χ1n) is 4.94. The molecule has 0 saturated heterocycles. The number of fused-ring (bicyclic) bond motifs is 1. The summed E-state index contributed by atoms with van der Waals surface area (Å²) in [4.78, 5) is 11.6. The Morgan fingerprint density at radius 1 is 1.41 bits per heavy atom. The number of pyridine rings is 1. The summed E-state index contributed by atoms with van der Waals surface area (Å²) in [6.07, 6.45) is 1.42. The first kappa shape index (κ1) is 11.9. The smallest absolute Gasteiger partial charge is 0.191 e. The Hall–Kier alpha value is -1.62. The molecule has 2 N–H and O–H groups in total. The third-order valence-electron chi connectivity index (χ3n) is 2.62. The highest BCUT2D eigenvalue weighted by Crippen LogP contribution is 2.31. The summed E-state index contributed by atoms with van der Waals surface area (Å²) in [5.74, 6) is -2.06. The Morgan fingerprint density at radius 3 is 2.65 bits per heavy atom. The lowest BCUT2D eigenvalue weighted by Crippen LogP contribution is -2.12. The molecular weight excluding hydrogens is 250 g/mol. The Bertz CT molecular complexity index is 667. The molecule has 0 saturated carbocycles. The fourth-order valence-electron chi connectivity index (χ4n) is 1.76. The van der Waals surface area contributed by atoms with Gasteiger partial charge in [-0.3, -0.25) is 4.79 Å². The van der Waals surface area contributed by atoms with Gasteiger partial charge in [0.2, 0.25) is 0 Å². The zero-order valence-electron chi connectivity index (χ0n) is 8.93. The van der Waals surface area contributed by atoms with Crippen LogP contribution in [0.15, 0.2) is 17.1 Å². The summed E-state index contributed by atoms with van der Waals surface area (Å²) in [5, 5.41) is -0.864. The zero-order valence-corrected chi connectivity index (χ0v) is 9.68. The summed E-state index contributed by atoms with van der Waals surface area (Å²) in [7, 11) is 0. The molecule has 3 nitrogen and oxygen atoms in total. The summed E-state index contributed by atoms with van der Waals surface area (Å²) < 4.78 is 28.8. The molecule has 1 aromatic carbocycles. The van der Waals surface area contributed by atoms with Crippen molar-refractivity contribution in [3.8, 4) is 0 Å². The number of nitrogen functional groups attached to an aromatic ring is 1. The minimum absolute atomic E-state index is 0.0658. The number of nitrogens with zero attached hydrogens (tertiary/aromatic N) is 1. The second-order valence-electron chi connectivity index (χ2n) is 3.55. The molecule has 2 aromatic rings. The number of aromatic nitrogens is 1. The van der Waals surface area contributed by atoms with Gasteiger partial charge in [-0.15, -0.1) is 0 Å². The molecule has 90 valence electrons. The number of benzene rings is 1. The van der Waals surface area contributed by atoms with E-state index in [1.165, 1.54) is 16.8 Å². The summed E-state index contributed by atoms with van der Waals surface area (Å²) in [5.41, 5.74) is 4.46. The molecule has 0 aliphatic heterocycles. The van der Waals surface area contributed by atoms with Crippen molar-refractivity contribution in [2.24, 2.45) is 0 Å². The van der Waals surface area contributed by atoms with Gasteiger partial charge in [0, 0.05) is 18.8 Å². The molecule has 0 amide bonds. The number of hydrogen-bond donors (Lipinski definition) is 1. The second-order valence-corrected chi connectivity index (χ2v) is 3.92. The molecule has 0 atom stereocenters. The van der Waals surface area contributed by atoms with E-state index in [0.29, 0.717) is 6.54 Å². The van der Waals surface area contributed by atoms with Gasteiger partial charge < -0.3 is 10.3 Å². The van der Waals surface area contributed by atoms with Gasteiger partial charge in [-0.1, -0.05) is 11.6 Å². The van der Waals surface area contributed by atoms with Crippen LogP contribution in [0.1, 0.15) is 6.92 Å². The Balaban J connectivity index is 3.15. The maximum Gasteiger partial charge on any atom is 0.191 e. The molecule has 1 heterocycles. The lowest BCUT2D eigenvalue weighted by atomic mass is 10.1. The van der Waals surface area contributed by atoms with Crippen LogP contribution in [0.3, 0.4) is 0 Å². The third kappa shape index (κ3) is 1.58. The van der Waals surface area contributed by atoms with Crippen LogP contribution in [0.25, 0.3) is 10.9 Å². The van der Waals surface area contributed by atoms with E-state index < -0.39 is 27.8 Å². The normalized spacial score (nSPS) is 11.1. The van der Waals surface area contributed by atoms with Crippen LogP contribution < -0.4 is 11.2 Å². The fraction of sp³-hybridized carbons (Fsp3) is 0.182. The minimum Gasteiger partial charge on any atom is -0.396 e. The summed E-state index contributed by atoms with van der Waals surface area (Å²) in [6.45, 7) is 2.17. The van der Waals surface area contributed by atoms with Crippen LogP contribution in [0.5, 0.6) is 0 Å². The van der Waals surface area contributed by atoms with E-state index >= 15 is 0 Å². The van der Waals surface area contributed by atoms with Gasteiger partial charge in [-0.25, -0.2) is 8.78 Å². The highest BCUT2D eigenvalue weighted by molar-refractivity contribution is 6.32. The van der Waals surface area contributed by atoms with Crippen molar-refractivity contribution >= 4 is 28.2 Å². The molecule has 0 aliphatic rings. The maximum absolute atomic E-state index is 13.9. The molecule has 1 aromatic heterocycles. The van der Waals surface area contributed by atoms with Gasteiger partial charge in [0.05, 0.1) is 16.6 Å². The van der Waals surface area contributed by atoms with Gasteiger partial charge >= 0.3 is 0 Å². The first-order chi connectivity index (χ1) is 7.99. The Kier molecular flexibility index (Phi) is 2.79.